The van der Waals surface area contributed by atoms with Crippen LogP contribution in [0.3, 0.4) is 0 Å². The molecule has 5 heteroatoms. The summed E-state index contributed by atoms with van der Waals surface area (Å²) < 4.78 is 37.0. The van der Waals surface area contributed by atoms with Crippen LogP contribution < -0.4 is 5.32 Å². The number of hydrogen-bond acceptors (Lipinski definition) is 2. The van der Waals surface area contributed by atoms with Crippen LogP contribution in [0.15, 0.2) is 0 Å². The highest BCUT2D eigenvalue weighted by molar-refractivity contribution is 4.94. The van der Waals surface area contributed by atoms with Gasteiger partial charge < -0.3 is 5.32 Å². The number of nitrogens with zero attached hydrogens (tertiary/aromatic N) is 1. The molecular weight excluding hydrogens is 241 g/mol. The normalized spacial score (nSPS) is 30.7. The molecule has 1 aliphatic carbocycles. The van der Waals surface area contributed by atoms with Crippen molar-refractivity contribution in [3.05, 3.63) is 0 Å². The summed E-state index contributed by atoms with van der Waals surface area (Å²) in [6.07, 6.45) is -0.209. The SMILES string of the molecule is CCCC1CNC(C2CC2)CN1CCC(F)(F)F. The molecule has 2 fully saturated rings. The van der Waals surface area contributed by atoms with Crippen LogP contribution >= 0.6 is 0 Å². The standard InChI is InChI=1S/C13H23F3N2/c1-2-3-11-8-17-12(10-4-5-10)9-18(11)7-6-13(14,15)16/h10-12,17H,2-9H2,1H3. The first-order valence-electron chi connectivity index (χ1n) is 7.04. The van der Waals surface area contributed by atoms with Gasteiger partial charge in [-0.2, -0.15) is 13.2 Å². The lowest BCUT2D eigenvalue weighted by Gasteiger charge is -2.41. The van der Waals surface area contributed by atoms with Crippen molar-refractivity contribution in [1.29, 1.82) is 0 Å². The maximum Gasteiger partial charge on any atom is 0.390 e. The van der Waals surface area contributed by atoms with Crippen molar-refractivity contribution in [2.24, 2.45) is 5.92 Å². The molecule has 18 heavy (non-hydrogen) atoms. The van der Waals surface area contributed by atoms with Gasteiger partial charge in [-0.25, -0.2) is 0 Å². The molecule has 1 saturated heterocycles. The molecule has 0 radical (unpaired) electrons. The second kappa shape index (κ2) is 5.78. The van der Waals surface area contributed by atoms with E-state index in [-0.39, 0.29) is 12.6 Å². The monoisotopic (exact) mass is 264 g/mol. The summed E-state index contributed by atoms with van der Waals surface area (Å²) in [5.74, 6) is 0.709. The highest BCUT2D eigenvalue weighted by Crippen LogP contribution is 2.34. The van der Waals surface area contributed by atoms with Gasteiger partial charge in [0.1, 0.15) is 0 Å². The quantitative estimate of drug-likeness (QED) is 0.821. The summed E-state index contributed by atoms with van der Waals surface area (Å²) in [5.41, 5.74) is 0. The van der Waals surface area contributed by atoms with Gasteiger partial charge in [0.2, 0.25) is 0 Å². The van der Waals surface area contributed by atoms with E-state index in [4.69, 9.17) is 0 Å². The fraction of sp³-hybridized carbons (Fsp3) is 1.00. The lowest BCUT2D eigenvalue weighted by molar-refractivity contribution is -0.140. The lowest BCUT2D eigenvalue weighted by atomic mass is 10.0. The largest absolute Gasteiger partial charge is 0.390 e. The topological polar surface area (TPSA) is 15.3 Å². The summed E-state index contributed by atoms with van der Waals surface area (Å²) in [7, 11) is 0. The molecule has 0 spiro atoms. The molecule has 106 valence electrons. The van der Waals surface area contributed by atoms with Gasteiger partial charge in [0.15, 0.2) is 0 Å². The summed E-state index contributed by atoms with van der Waals surface area (Å²) in [6, 6.07) is 0.707. The van der Waals surface area contributed by atoms with Gasteiger partial charge in [-0.3, -0.25) is 4.90 Å². The average molecular weight is 264 g/mol. The zero-order valence-corrected chi connectivity index (χ0v) is 11.0. The number of nitrogens with one attached hydrogen (secondary N) is 1. The molecule has 1 aliphatic heterocycles. The molecule has 1 heterocycles. The van der Waals surface area contributed by atoms with E-state index in [0.717, 1.165) is 25.9 Å². The van der Waals surface area contributed by atoms with E-state index >= 15 is 0 Å². The van der Waals surface area contributed by atoms with Crippen LogP contribution in [0.4, 0.5) is 13.2 Å². The van der Waals surface area contributed by atoms with Crippen molar-refractivity contribution in [3.63, 3.8) is 0 Å². The summed E-state index contributed by atoms with van der Waals surface area (Å²) in [5, 5.41) is 3.52. The smallest absolute Gasteiger partial charge is 0.311 e. The molecule has 0 aromatic heterocycles. The molecule has 0 aromatic rings. The van der Waals surface area contributed by atoms with Crippen LogP contribution in [-0.2, 0) is 0 Å². The van der Waals surface area contributed by atoms with Crippen molar-refractivity contribution in [2.75, 3.05) is 19.6 Å². The minimum Gasteiger partial charge on any atom is -0.311 e. The summed E-state index contributed by atoms with van der Waals surface area (Å²) in [6.45, 7) is 3.91. The zero-order valence-electron chi connectivity index (χ0n) is 11.0. The Hall–Kier alpha value is -0.290. The van der Waals surface area contributed by atoms with E-state index in [2.05, 4.69) is 17.1 Å². The van der Waals surface area contributed by atoms with E-state index < -0.39 is 12.6 Å². The molecule has 1 N–H and O–H groups in total. The summed E-state index contributed by atoms with van der Waals surface area (Å²) in [4.78, 5) is 2.07. The number of halogens is 3. The van der Waals surface area contributed by atoms with Gasteiger partial charge in [0, 0.05) is 31.7 Å². The van der Waals surface area contributed by atoms with Crippen molar-refractivity contribution < 1.29 is 13.2 Å². The number of piperazine rings is 1. The molecule has 2 nitrogen and oxygen atoms in total. The van der Waals surface area contributed by atoms with E-state index in [1.165, 1.54) is 12.8 Å². The molecule has 2 unspecified atom stereocenters. The first-order valence-corrected chi connectivity index (χ1v) is 7.04. The van der Waals surface area contributed by atoms with E-state index in [0.29, 0.717) is 12.0 Å². The highest BCUT2D eigenvalue weighted by Gasteiger charge is 2.38. The Kier molecular flexibility index (Phi) is 4.54. The van der Waals surface area contributed by atoms with Gasteiger partial charge in [-0.1, -0.05) is 13.3 Å². The van der Waals surface area contributed by atoms with Gasteiger partial charge >= 0.3 is 6.18 Å². The number of hydrogen-bond donors (Lipinski definition) is 1. The molecule has 0 aromatic carbocycles. The number of rotatable bonds is 5. The minimum atomic E-state index is -4.03. The van der Waals surface area contributed by atoms with Crippen molar-refractivity contribution >= 4 is 0 Å². The van der Waals surface area contributed by atoms with Crippen LogP contribution in [0.2, 0.25) is 0 Å². The Bertz CT molecular complexity index is 263. The molecule has 2 atom stereocenters. The minimum absolute atomic E-state index is 0.166. The first-order chi connectivity index (χ1) is 8.49. The van der Waals surface area contributed by atoms with E-state index in [1.54, 1.807) is 0 Å². The lowest BCUT2D eigenvalue weighted by Crippen LogP contribution is -2.57. The number of alkyl halides is 3. The first kappa shape index (κ1) is 14.1. The van der Waals surface area contributed by atoms with Crippen molar-refractivity contribution in [2.45, 2.75) is 57.3 Å². The molecule has 0 amide bonds. The van der Waals surface area contributed by atoms with Crippen molar-refractivity contribution in [3.8, 4) is 0 Å². The van der Waals surface area contributed by atoms with Crippen LogP contribution in [0, 0.1) is 5.92 Å². The van der Waals surface area contributed by atoms with Gasteiger partial charge in [-0.15, -0.1) is 0 Å². The van der Waals surface area contributed by atoms with Gasteiger partial charge in [0.05, 0.1) is 6.42 Å². The second-order valence-corrected chi connectivity index (χ2v) is 5.65. The molecular formula is C13H23F3N2. The van der Waals surface area contributed by atoms with Gasteiger partial charge in [0.25, 0.3) is 0 Å². The third kappa shape index (κ3) is 4.12. The van der Waals surface area contributed by atoms with Crippen LogP contribution in [-0.4, -0.2) is 42.8 Å². The maximum absolute atomic E-state index is 12.3. The third-order valence-corrected chi connectivity index (χ3v) is 4.06. The molecule has 2 rings (SSSR count). The van der Waals surface area contributed by atoms with E-state index in [9.17, 15) is 13.2 Å². The van der Waals surface area contributed by atoms with Crippen LogP contribution in [0.1, 0.15) is 39.0 Å². The predicted molar refractivity (Wildman–Crippen MR) is 65.5 cm³/mol. The van der Waals surface area contributed by atoms with Crippen LogP contribution in [0.5, 0.6) is 0 Å². The van der Waals surface area contributed by atoms with Crippen LogP contribution in [0.25, 0.3) is 0 Å². The fourth-order valence-electron chi connectivity index (χ4n) is 2.86. The Morgan fingerprint density at radius 1 is 1.28 bits per heavy atom. The fourth-order valence-corrected chi connectivity index (χ4v) is 2.86. The summed E-state index contributed by atoms with van der Waals surface area (Å²) >= 11 is 0. The Morgan fingerprint density at radius 2 is 2.00 bits per heavy atom. The molecule has 2 aliphatic rings. The Balaban J connectivity index is 1.86. The second-order valence-electron chi connectivity index (χ2n) is 5.65. The predicted octanol–water partition coefficient (Wildman–Crippen LogP) is 2.79. The molecule has 0 bridgehead atoms. The van der Waals surface area contributed by atoms with E-state index in [1.807, 2.05) is 0 Å². The highest BCUT2D eigenvalue weighted by atomic mass is 19.4. The maximum atomic E-state index is 12.3. The third-order valence-electron chi connectivity index (χ3n) is 4.06. The average Bonchev–Trinajstić information content (AvgIpc) is 3.11. The molecule has 1 saturated carbocycles. The Morgan fingerprint density at radius 3 is 2.56 bits per heavy atom. The zero-order chi connectivity index (χ0) is 13.2. The van der Waals surface area contributed by atoms with Gasteiger partial charge in [-0.05, 0) is 25.2 Å². The Labute approximate surface area is 107 Å². The van der Waals surface area contributed by atoms with Crippen molar-refractivity contribution in [1.82, 2.24) is 10.2 Å².